The molecule has 0 amide bonds. The fourth-order valence-electron chi connectivity index (χ4n) is 2.03. The third kappa shape index (κ3) is 3.63. The van der Waals surface area contributed by atoms with Gasteiger partial charge in [0.25, 0.3) is 0 Å². The molecule has 0 saturated carbocycles. The molecule has 0 aliphatic rings. The van der Waals surface area contributed by atoms with Gasteiger partial charge in [-0.15, -0.1) is 0 Å². The van der Waals surface area contributed by atoms with Crippen molar-refractivity contribution in [2.45, 2.75) is 13.5 Å². The number of hydrogen-bond donors (Lipinski definition) is 1. The molecule has 0 spiro atoms. The molecule has 2 aromatic rings. The molecular weight excluding hydrogens is 250 g/mol. The number of hydrogen-bond acceptors (Lipinski definition) is 4. The molecule has 4 nitrogen and oxygen atoms in total. The Hall–Kier alpha value is -2.23. The number of aromatic nitrogens is 1. The fourth-order valence-corrected chi connectivity index (χ4v) is 2.03. The Labute approximate surface area is 120 Å². The minimum Gasteiger partial charge on any atom is -0.497 e. The van der Waals surface area contributed by atoms with Gasteiger partial charge in [0.15, 0.2) is 0 Å². The number of anilines is 2. The Kier molecular flexibility index (Phi) is 4.82. The van der Waals surface area contributed by atoms with E-state index >= 15 is 0 Å². The summed E-state index contributed by atoms with van der Waals surface area (Å²) in [5.41, 5.74) is 2.39. The van der Waals surface area contributed by atoms with Gasteiger partial charge in [0.2, 0.25) is 0 Å². The smallest absolute Gasteiger partial charge is 0.127 e. The van der Waals surface area contributed by atoms with Gasteiger partial charge in [0.05, 0.1) is 7.11 Å². The minimum atomic E-state index is 0.847. The Bertz CT molecular complexity index is 540. The van der Waals surface area contributed by atoms with Crippen molar-refractivity contribution < 1.29 is 4.74 Å². The lowest BCUT2D eigenvalue weighted by Crippen LogP contribution is -2.16. The summed E-state index contributed by atoms with van der Waals surface area (Å²) in [4.78, 5) is 6.49. The zero-order valence-electron chi connectivity index (χ0n) is 12.3. The average Bonchev–Trinajstić information content (AvgIpc) is 2.48. The first kappa shape index (κ1) is 14.2. The summed E-state index contributed by atoms with van der Waals surface area (Å²) in [6, 6.07) is 12.2. The highest BCUT2D eigenvalue weighted by Crippen LogP contribution is 2.19. The molecule has 4 heteroatoms. The van der Waals surface area contributed by atoms with Crippen LogP contribution in [-0.4, -0.2) is 25.7 Å². The van der Waals surface area contributed by atoms with E-state index in [1.807, 2.05) is 24.4 Å². The Morgan fingerprint density at radius 3 is 2.60 bits per heavy atom. The molecule has 0 unspecified atom stereocenters. The predicted octanol–water partition coefficient (Wildman–Crippen LogP) is 3.16. The summed E-state index contributed by atoms with van der Waals surface area (Å²) in [7, 11) is 3.76. The molecule has 0 saturated heterocycles. The molecule has 0 atom stereocenters. The van der Waals surface area contributed by atoms with Crippen molar-refractivity contribution in [3.8, 4) is 5.75 Å². The van der Waals surface area contributed by atoms with E-state index in [0.29, 0.717) is 0 Å². The van der Waals surface area contributed by atoms with E-state index in [1.165, 1.54) is 5.56 Å². The second-order valence-electron chi connectivity index (χ2n) is 4.63. The number of pyridine rings is 1. The normalized spacial score (nSPS) is 10.2. The molecular formula is C16H21N3O. The van der Waals surface area contributed by atoms with E-state index in [2.05, 4.69) is 47.4 Å². The molecule has 0 aliphatic carbocycles. The van der Waals surface area contributed by atoms with Crippen molar-refractivity contribution in [1.82, 2.24) is 4.98 Å². The van der Waals surface area contributed by atoms with Gasteiger partial charge in [-0.05, 0) is 30.7 Å². The average molecular weight is 271 g/mol. The van der Waals surface area contributed by atoms with E-state index in [4.69, 9.17) is 4.74 Å². The van der Waals surface area contributed by atoms with E-state index in [1.54, 1.807) is 7.11 Å². The van der Waals surface area contributed by atoms with Crippen LogP contribution in [0.15, 0.2) is 42.6 Å². The number of nitrogens with zero attached hydrogens (tertiary/aromatic N) is 2. The summed E-state index contributed by atoms with van der Waals surface area (Å²) in [6.07, 6.45) is 1.83. The Balaban J connectivity index is 2.06. The van der Waals surface area contributed by atoms with Crippen molar-refractivity contribution in [2.24, 2.45) is 0 Å². The highest BCUT2D eigenvalue weighted by atomic mass is 16.5. The van der Waals surface area contributed by atoms with Crippen LogP contribution in [0.5, 0.6) is 5.75 Å². The van der Waals surface area contributed by atoms with Gasteiger partial charge < -0.3 is 15.0 Å². The van der Waals surface area contributed by atoms with E-state index in [-0.39, 0.29) is 0 Å². The molecule has 106 valence electrons. The minimum absolute atomic E-state index is 0.847. The monoisotopic (exact) mass is 271 g/mol. The predicted molar refractivity (Wildman–Crippen MR) is 83.5 cm³/mol. The molecule has 0 aliphatic heterocycles. The van der Waals surface area contributed by atoms with Crippen molar-refractivity contribution in [3.63, 3.8) is 0 Å². The van der Waals surface area contributed by atoms with Crippen LogP contribution in [-0.2, 0) is 6.54 Å². The van der Waals surface area contributed by atoms with Crippen molar-refractivity contribution in [3.05, 3.63) is 48.2 Å². The SMILES string of the molecule is CCNc1cc(N(C)Cc2ccc(OC)cc2)ccn1. The van der Waals surface area contributed by atoms with E-state index in [9.17, 15) is 0 Å². The summed E-state index contributed by atoms with van der Waals surface area (Å²) in [5.74, 6) is 1.79. The number of methoxy groups -OCH3 is 1. The third-order valence-corrected chi connectivity index (χ3v) is 3.12. The number of nitrogens with one attached hydrogen (secondary N) is 1. The first-order valence-corrected chi connectivity index (χ1v) is 6.77. The lowest BCUT2D eigenvalue weighted by atomic mass is 10.2. The van der Waals surface area contributed by atoms with Crippen molar-refractivity contribution in [1.29, 1.82) is 0 Å². The van der Waals surface area contributed by atoms with E-state index < -0.39 is 0 Å². The molecule has 0 radical (unpaired) electrons. The largest absolute Gasteiger partial charge is 0.497 e. The summed E-state index contributed by atoms with van der Waals surface area (Å²) < 4.78 is 5.17. The Morgan fingerprint density at radius 1 is 1.20 bits per heavy atom. The van der Waals surface area contributed by atoms with Crippen LogP contribution in [0.1, 0.15) is 12.5 Å². The molecule has 0 bridgehead atoms. The third-order valence-electron chi connectivity index (χ3n) is 3.12. The zero-order chi connectivity index (χ0) is 14.4. The highest BCUT2D eigenvalue weighted by molar-refractivity contribution is 5.53. The van der Waals surface area contributed by atoms with Crippen LogP contribution >= 0.6 is 0 Å². The van der Waals surface area contributed by atoms with Crippen LogP contribution < -0.4 is 15.0 Å². The quantitative estimate of drug-likeness (QED) is 0.875. The Morgan fingerprint density at radius 2 is 1.95 bits per heavy atom. The number of ether oxygens (including phenoxy) is 1. The van der Waals surface area contributed by atoms with Gasteiger partial charge in [-0.1, -0.05) is 12.1 Å². The second kappa shape index (κ2) is 6.80. The maximum absolute atomic E-state index is 5.17. The van der Waals surface area contributed by atoms with Gasteiger partial charge >= 0.3 is 0 Å². The number of rotatable bonds is 6. The maximum atomic E-state index is 5.17. The highest BCUT2D eigenvalue weighted by Gasteiger charge is 2.04. The van der Waals surface area contributed by atoms with Crippen LogP contribution in [0.2, 0.25) is 0 Å². The molecule has 1 heterocycles. The van der Waals surface area contributed by atoms with E-state index in [0.717, 1.165) is 30.3 Å². The van der Waals surface area contributed by atoms with Crippen molar-refractivity contribution in [2.75, 3.05) is 30.9 Å². The van der Waals surface area contributed by atoms with Gasteiger partial charge in [-0.2, -0.15) is 0 Å². The zero-order valence-corrected chi connectivity index (χ0v) is 12.3. The van der Waals surface area contributed by atoms with Gasteiger partial charge in [0, 0.05) is 38.1 Å². The maximum Gasteiger partial charge on any atom is 0.127 e. The number of benzene rings is 1. The molecule has 1 N–H and O–H groups in total. The molecule has 20 heavy (non-hydrogen) atoms. The summed E-state index contributed by atoms with van der Waals surface area (Å²) in [5, 5.41) is 3.23. The molecule has 2 rings (SSSR count). The molecule has 1 aromatic carbocycles. The first-order chi connectivity index (χ1) is 9.72. The topological polar surface area (TPSA) is 37.4 Å². The van der Waals surface area contributed by atoms with Crippen LogP contribution in [0.25, 0.3) is 0 Å². The fraction of sp³-hybridized carbons (Fsp3) is 0.312. The molecule has 1 aromatic heterocycles. The lowest BCUT2D eigenvalue weighted by molar-refractivity contribution is 0.414. The first-order valence-electron chi connectivity index (χ1n) is 6.77. The summed E-state index contributed by atoms with van der Waals surface area (Å²) in [6.45, 7) is 3.79. The molecule has 0 fully saturated rings. The van der Waals surface area contributed by atoms with Crippen LogP contribution in [0.4, 0.5) is 11.5 Å². The standard InChI is InChI=1S/C16H21N3O/c1-4-17-16-11-14(9-10-18-16)19(2)12-13-5-7-15(20-3)8-6-13/h5-11H,4,12H2,1-3H3,(H,17,18). The van der Waals surface area contributed by atoms with Gasteiger partial charge in [-0.3, -0.25) is 0 Å². The van der Waals surface area contributed by atoms with Crippen molar-refractivity contribution >= 4 is 11.5 Å². The van der Waals surface area contributed by atoms with Gasteiger partial charge in [0.1, 0.15) is 11.6 Å². The summed E-state index contributed by atoms with van der Waals surface area (Å²) >= 11 is 0. The van der Waals surface area contributed by atoms with Crippen LogP contribution in [0.3, 0.4) is 0 Å². The second-order valence-corrected chi connectivity index (χ2v) is 4.63. The van der Waals surface area contributed by atoms with Crippen LogP contribution in [0, 0.1) is 0 Å². The van der Waals surface area contributed by atoms with Gasteiger partial charge in [-0.25, -0.2) is 4.98 Å². The lowest BCUT2D eigenvalue weighted by Gasteiger charge is -2.20.